The van der Waals surface area contributed by atoms with E-state index in [0.29, 0.717) is 0 Å². The quantitative estimate of drug-likeness (QED) is 0.815. The largest absolute Gasteiger partial charge is 0.504 e. The molecule has 2 N–H and O–H groups in total. The summed E-state index contributed by atoms with van der Waals surface area (Å²) in [6, 6.07) is 6.13. The van der Waals surface area contributed by atoms with E-state index in [9.17, 15) is 10.2 Å². The highest BCUT2D eigenvalue weighted by Gasteiger charge is 2.50. The number of hydrogen-bond donors (Lipinski definition) is 2. The molecule has 23 heavy (non-hydrogen) atoms. The summed E-state index contributed by atoms with van der Waals surface area (Å²) in [6.45, 7) is 3.21. The van der Waals surface area contributed by atoms with Gasteiger partial charge in [-0.15, -0.1) is 11.3 Å². The number of nitrogens with zero attached hydrogens (tertiary/aromatic N) is 1. The predicted octanol–water partition coefficient (Wildman–Crippen LogP) is 4.12. The number of aryl methyl sites for hydroxylation is 1. The Kier molecular flexibility index (Phi) is 3.43. The van der Waals surface area contributed by atoms with Crippen LogP contribution in [0.25, 0.3) is 0 Å². The maximum absolute atomic E-state index is 10.1. The predicted molar refractivity (Wildman–Crippen MR) is 93.4 cm³/mol. The van der Waals surface area contributed by atoms with Crippen LogP contribution in [0.5, 0.6) is 11.5 Å². The molecule has 1 aromatic heterocycles. The van der Waals surface area contributed by atoms with Gasteiger partial charge in [0.25, 0.3) is 0 Å². The van der Waals surface area contributed by atoms with Crippen LogP contribution in [0.3, 0.4) is 0 Å². The third-order valence-corrected chi connectivity index (χ3v) is 6.72. The van der Waals surface area contributed by atoms with Crippen molar-refractivity contribution in [3.63, 3.8) is 0 Å². The number of rotatable bonds is 2. The first-order valence-electron chi connectivity index (χ1n) is 8.32. The average Bonchev–Trinajstić information content (AvgIpc) is 2.89. The summed E-state index contributed by atoms with van der Waals surface area (Å²) in [5.41, 5.74) is 4.00. The molecule has 2 heterocycles. The third kappa shape index (κ3) is 2.12. The number of phenolic OH excluding ortho intramolecular Hbond substituents is 2. The second-order valence-corrected chi connectivity index (χ2v) is 8.19. The van der Waals surface area contributed by atoms with Crippen molar-refractivity contribution < 1.29 is 10.2 Å². The lowest BCUT2D eigenvalue weighted by atomic mass is 9.57. The topological polar surface area (TPSA) is 43.7 Å². The molecule has 1 unspecified atom stereocenters. The van der Waals surface area contributed by atoms with Crippen LogP contribution < -0.4 is 0 Å². The molecule has 2 aliphatic rings. The molecule has 0 bridgehead atoms. The fourth-order valence-corrected chi connectivity index (χ4v) is 5.45. The summed E-state index contributed by atoms with van der Waals surface area (Å²) in [7, 11) is 2.19. The van der Waals surface area contributed by atoms with E-state index in [2.05, 4.69) is 30.3 Å². The Hall–Kier alpha value is -1.52. The van der Waals surface area contributed by atoms with Crippen LogP contribution in [0.1, 0.15) is 46.9 Å². The summed E-state index contributed by atoms with van der Waals surface area (Å²) in [5, 5.41) is 22.1. The first-order chi connectivity index (χ1) is 11.0. The number of hydrogen-bond acceptors (Lipinski definition) is 4. The Morgan fingerprint density at radius 2 is 1.96 bits per heavy atom. The molecule has 1 fully saturated rings. The molecule has 1 atom stereocenters. The van der Waals surface area contributed by atoms with Crippen LogP contribution in [0, 0.1) is 6.92 Å². The van der Waals surface area contributed by atoms with Crippen molar-refractivity contribution in [1.82, 2.24) is 4.90 Å². The summed E-state index contributed by atoms with van der Waals surface area (Å²) in [5.74, 6) is 0.00184. The monoisotopic (exact) mass is 329 g/mol. The van der Waals surface area contributed by atoms with Crippen LogP contribution in [-0.4, -0.2) is 28.7 Å². The molecule has 0 spiro atoms. The van der Waals surface area contributed by atoms with Gasteiger partial charge >= 0.3 is 0 Å². The Morgan fingerprint density at radius 3 is 2.57 bits per heavy atom. The van der Waals surface area contributed by atoms with E-state index < -0.39 is 0 Å². The van der Waals surface area contributed by atoms with Crippen LogP contribution in [0.4, 0.5) is 0 Å². The second-order valence-electron chi connectivity index (χ2n) is 7.07. The Balaban J connectivity index is 1.88. The number of phenols is 2. The first-order valence-corrected chi connectivity index (χ1v) is 9.20. The second kappa shape index (κ2) is 5.25. The zero-order valence-corrected chi connectivity index (χ0v) is 14.5. The van der Waals surface area contributed by atoms with Gasteiger partial charge in [-0.3, -0.25) is 4.90 Å². The van der Waals surface area contributed by atoms with E-state index >= 15 is 0 Å². The highest BCUT2D eigenvalue weighted by Crippen LogP contribution is 2.57. The number of benzene rings is 1. The van der Waals surface area contributed by atoms with Gasteiger partial charge in [0.05, 0.1) is 0 Å². The van der Waals surface area contributed by atoms with Crippen molar-refractivity contribution in [3.8, 4) is 11.5 Å². The van der Waals surface area contributed by atoms with Gasteiger partial charge in [-0.1, -0.05) is 6.42 Å². The van der Waals surface area contributed by atoms with E-state index in [-0.39, 0.29) is 23.0 Å². The zero-order valence-electron chi connectivity index (χ0n) is 13.7. The molecule has 1 saturated carbocycles. The molecule has 122 valence electrons. The number of likely N-dealkylation sites (N-methyl/N-ethyl adjacent to an activating group) is 1. The average molecular weight is 329 g/mol. The number of thiophene rings is 1. The lowest BCUT2D eigenvalue weighted by Gasteiger charge is -2.53. The zero-order chi connectivity index (χ0) is 16.2. The van der Waals surface area contributed by atoms with E-state index in [1.807, 2.05) is 11.3 Å². The van der Waals surface area contributed by atoms with Gasteiger partial charge in [0.2, 0.25) is 0 Å². The highest BCUT2D eigenvalue weighted by molar-refractivity contribution is 7.10. The summed E-state index contributed by atoms with van der Waals surface area (Å²) >= 11 is 1.82. The van der Waals surface area contributed by atoms with Crippen LogP contribution in [0.2, 0.25) is 0 Å². The minimum Gasteiger partial charge on any atom is -0.504 e. The van der Waals surface area contributed by atoms with Crippen molar-refractivity contribution in [2.24, 2.45) is 0 Å². The first kappa shape index (κ1) is 15.0. The van der Waals surface area contributed by atoms with Crippen LogP contribution in [0.15, 0.2) is 23.6 Å². The molecule has 1 aliphatic heterocycles. The summed E-state index contributed by atoms with van der Waals surface area (Å²) in [4.78, 5) is 3.85. The summed E-state index contributed by atoms with van der Waals surface area (Å²) < 4.78 is 0. The molecule has 0 saturated heterocycles. The van der Waals surface area contributed by atoms with Gasteiger partial charge in [0.1, 0.15) is 0 Å². The standard InChI is InChI=1S/C19H23NO2S/c1-12-15(5-9-23-12)19(6-3-7-19)18-14-11-17(22)16(21)10-13(14)4-8-20(18)2/h5,9-11,18,21-22H,3-4,6-8H2,1-2H3. The van der Waals surface area contributed by atoms with Crippen molar-refractivity contribution in [3.05, 3.63) is 45.1 Å². The number of fused-ring (bicyclic) bond motifs is 1. The van der Waals surface area contributed by atoms with Gasteiger partial charge in [-0.2, -0.15) is 0 Å². The van der Waals surface area contributed by atoms with Gasteiger partial charge in [0.15, 0.2) is 11.5 Å². The smallest absolute Gasteiger partial charge is 0.157 e. The fraction of sp³-hybridized carbons (Fsp3) is 0.474. The maximum atomic E-state index is 10.1. The Morgan fingerprint density at radius 1 is 1.22 bits per heavy atom. The minimum atomic E-state index is 0.000522. The Bertz CT molecular complexity index is 748. The van der Waals surface area contributed by atoms with Crippen molar-refractivity contribution in [2.75, 3.05) is 13.6 Å². The molecular formula is C19H23NO2S. The lowest BCUT2D eigenvalue weighted by Crippen LogP contribution is -2.50. The van der Waals surface area contributed by atoms with E-state index in [1.54, 1.807) is 12.1 Å². The fourth-order valence-electron chi connectivity index (χ4n) is 4.64. The molecule has 4 heteroatoms. The minimum absolute atomic E-state index is 0.000522. The van der Waals surface area contributed by atoms with E-state index in [1.165, 1.54) is 40.8 Å². The third-order valence-electron chi connectivity index (χ3n) is 5.87. The number of aromatic hydroxyl groups is 2. The summed E-state index contributed by atoms with van der Waals surface area (Å²) in [6.07, 6.45) is 4.58. The van der Waals surface area contributed by atoms with E-state index in [4.69, 9.17) is 0 Å². The molecule has 4 rings (SSSR count). The van der Waals surface area contributed by atoms with Gasteiger partial charge in [0, 0.05) is 22.9 Å². The van der Waals surface area contributed by atoms with Crippen molar-refractivity contribution in [1.29, 1.82) is 0 Å². The molecule has 3 nitrogen and oxygen atoms in total. The lowest BCUT2D eigenvalue weighted by molar-refractivity contribution is 0.0714. The van der Waals surface area contributed by atoms with Crippen molar-refractivity contribution in [2.45, 2.75) is 44.1 Å². The van der Waals surface area contributed by atoms with Crippen molar-refractivity contribution >= 4 is 11.3 Å². The SMILES string of the molecule is Cc1sccc1C1(C2c3cc(O)c(O)cc3CCN2C)CCC1. The van der Waals surface area contributed by atoms with Gasteiger partial charge < -0.3 is 10.2 Å². The maximum Gasteiger partial charge on any atom is 0.157 e. The molecule has 0 radical (unpaired) electrons. The molecule has 1 aromatic carbocycles. The molecule has 1 aliphatic carbocycles. The van der Waals surface area contributed by atoms with Gasteiger partial charge in [-0.05, 0) is 73.5 Å². The molecular weight excluding hydrogens is 306 g/mol. The molecule has 2 aromatic rings. The Labute approximate surface area is 141 Å². The molecule has 0 amide bonds. The van der Waals surface area contributed by atoms with E-state index in [0.717, 1.165) is 13.0 Å². The highest BCUT2D eigenvalue weighted by atomic mass is 32.1. The van der Waals surface area contributed by atoms with Gasteiger partial charge in [-0.25, -0.2) is 0 Å². The normalized spacial score (nSPS) is 23.3. The van der Waals surface area contributed by atoms with Crippen LogP contribution in [-0.2, 0) is 11.8 Å². The van der Waals surface area contributed by atoms with Crippen LogP contribution >= 0.6 is 11.3 Å².